The van der Waals surface area contributed by atoms with E-state index in [4.69, 9.17) is 0 Å². The Kier molecular flexibility index (Phi) is 2.95. The second-order valence-electron chi connectivity index (χ2n) is 5.81. The van der Waals surface area contributed by atoms with Gasteiger partial charge in [0.15, 0.2) is 0 Å². The first-order valence-electron chi connectivity index (χ1n) is 6.98. The quantitative estimate of drug-likeness (QED) is 0.810. The number of nitrogens with zero attached hydrogens (tertiary/aromatic N) is 2. The van der Waals surface area contributed by atoms with E-state index in [1.807, 2.05) is 6.33 Å². The van der Waals surface area contributed by atoms with Gasteiger partial charge in [-0.05, 0) is 50.9 Å². The molecule has 1 aromatic rings. The van der Waals surface area contributed by atoms with Crippen LogP contribution in [0.2, 0.25) is 0 Å². The van der Waals surface area contributed by atoms with Gasteiger partial charge in [-0.2, -0.15) is 0 Å². The van der Waals surface area contributed by atoms with Crippen LogP contribution in [0.5, 0.6) is 0 Å². The average molecular weight is 234 g/mol. The second-order valence-corrected chi connectivity index (χ2v) is 5.81. The third kappa shape index (κ3) is 2.01. The predicted molar refractivity (Wildman–Crippen MR) is 66.9 cm³/mol. The minimum absolute atomic E-state index is 0.175. The molecule has 0 aromatic carbocycles. The SMILES string of the molecule is CC1CCC(O)C(n2cnc3c2CCCC3)C1. The molecule has 0 aliphatic heterocycles. The monoisotopic (exact) mass is 234 g/mol. The molecule has 17 heavy (non-hydrogen) atoms. The Bertz CT molecular complexity index is 399. The maximum Gasteiger partial charge on any atom is 0.0955 e. The molecule has 3 atom stereocenters. The van der Waals surface area contributed by atoms with Crippen LogP contribution in [0.3, 0.4) is 0 Å². The third-order valence-electron chi connectivity index (χ3n) is 4.46. The van der Waals surface area contributed by atoms with Crippen molar-refractivity contribution in [2.75, 3.05) is 0 Å². The van der Waals surface area contributed by atoms with Crippen molar-refractivity contribution >= 4 is 0 Å². The van der Waals surface area contributed by atoms with Crippen LogP contribution < -0.4 is 0 Å². The molecule has 94 valence electrons. The van der Waals surface area contributed by atoms with E-state index in [0.29, 0.717) is 0 Å². The van der Waals surface area contributed by atoms with Crippen LogP contribution >= 0.6 is 0 Å². The lowest BCUT2D eigenvalue weighted by molar-refractivity contribution is 0.0563. The highest BCUT2D eigenvalue weighted by Gasteiger charge is 2.30. The highest BCUT2D eigenvalue weighted by atomic mass is 16.3. The number of rotatable bonds is 1. The van der Waals surface area contributed by atoms with Gasteiger partial charge in [-0.3, -0.25) is 0 Å². The molecule has 0 radical (unpaired) electrons. The van der Waals surface area contributed by atoms with Crippen molar-refractivity contribution in [1.82, 2.24) is 9.55 Å². The largest absolute Gasteiger partial charge is 0.391 e. The van der Waals surface area contributed by atoms with E-state index in [0.717, 1.165) is 38.0 Å². The van der Waals surface area contributed by atoms with Crippen molar-refractivity contribution in [3.8, 4) is 0 Å². The predicted octanol–water partition coefficient (Wildman–Crippen LogP) is 2.48. The first-order valence-corrected chi connectivity index (χ1v) is 6.98. The van der Waals surface area contributed by atoms with Crippen LogP contribution in [0.15, 0.2) is 6.33 Å². The van der Waals surface area contributed by atoms with Crippen LogP contribution in [-0.2, 0) is 12.8 Å². The van der Waals surface area contributed by atoms with E-state index in [1.54, 1.807) is 0 Å². The summed E-state index contributed by atoms with van der Waals surface area (Å²) in [5.74, 6) is 0.727. The number of imidazole rings is 1. The van der Waals surface area contributed by atoms with Crippen LogP contribution in [0, 0.1) is 5.92 Å². The molecule has 3 rings (SSSR count). The van der Waals surface area contributed by atoms with Gasteiger partial charge in [0.25, 0.3) is 0 Å². The normalized spacial score (nSPS) is 33.4. The summed E-state index contributed by atoms with van der Waals surface area (Å²) < 4.78 is 2.29. The maximum absolute atomic E-state index is 10.2. The van der Waals surface area contributed by atoms with E-state index in [-0.39, 0.29) is 12.1 Å². The van der Waals surface area contributed by atoms with E-state index in [9.17, 15) is 5.11 Å². The lowest BCUT2D eigenvalue weighted by atomic mass is 9.84. The molecule has 3 unspecified atom stereocenters. The number of hydrogen-bond acceptors (Lipinski definition) is 2. The number of aliphatic hydroxyl groups is 1. The van der Waals surface area contributed by atoms with Gasteiger partial charge in [0.1, 0.15) is 0 Å². The minimum atomic E-state index is -0.175. The first-order chi connectivity index (χ1) is 8.25. The topological polar surface area (TPSA) is 38.0 Å². The molecule has 1 N–H and O–H groups in total. The number of hydrogen-bond donors (Lipinski definition) is 1. The maximum atomic E-state index is 10.2. The third-order valence-corrected chi connectivity index (χ3v) is 4.46. The molecule has 0 spiro atoms. The first kappa shape index (κ1) is 11.3. The molecular weight excluding hydrogens is 212 g/mol. The van der Waals surface area contributed by atoms with E-state index in [1.165, 1.54) is 24.2 Å². The van der Waals surface area contributed by atoms with Gasteiger partial charge < -0.3 is 9.67 Å². The van der Waals surface area contributed by atoms with Crippen LogP contribution in [0.1, 0.15) is 56.5 Å². The Labute approximate surface area is 103 Å². The fourth-order valence-corrected chi connectivity index (χ4v) is 3.41. The molecule has 1 saturated carbocycles. The zero-order valence-corrected chi connectivity index (χ0v) is 10.6. The summed E-state index contributed by atoms with van der Waals surface area (Å²) in [7, 11) is 0. The molecule has 3 heteroatoms. The molecule has 0 amide bonds. The van der Waals surface area contributed by atoms with Gasteiger partial charge in [0, 0.05) is 5.69 Å². The number of aromatic nitrogens is 2. The lowest BCUT2D eigenvalue weighted by Gasteiger charge is -2.34. The smallest absolute Gasteiger partial charge is 0.0955 e. The summed E-state index contributed by atoms with van der Waals surface area (Å²) in [5, 5.41) is 10.2. The zero-order valence-electron chi connectivity index (χ0n) is 10.6. The van der Waals surface area contributed by atoms with Gasteiger partial charge in [-0.25, -0.2) is 4.98 Å². The van der Waals surface area contributed by atoms with Gasteiger partial charge in [-0.1, -0.05) is 6.92 Å². The summed E-state index contributed by atoms with van der Waals surface area (Å²) in [6.45, 7) is 2.29. The Balaban J connectivity index is 1.89. The Morgan fingerprint density at radius 2 is 2.12 bits per heavy atom. The highest BCUT2D eigenvalue weighted by molar-refractivity contribution is 5.17. The summed E-state index contributed by atoms with van der Waals surface area (Å²) in [6.07, 6.45) is 9.82. The summed E-state index contributed by atoms with van der Waals surface area (Å²) in [5.41, 5.74) is 2.68. The van der Waals surface area contributed by atoms with Crippen molar-refractivity contribution in [1.29, 1.82) is 0 Å². The van der Waals surface area contributed by atoms with Gasteiger partial charge in [0.2, 0.25) is 0 Å². The molecule has 3 nitrogen and oxygen atoms in total. The van der Waals surface area contributed by atoms with E-state index in [2.05, 4.69) is 16.5 Å². The number of aryl methyl sites for hydroxylation is 1. The van der Waals surface area contributed by atoms with Crippen LogP contribution in [-0.4, -0.2) is 20.8 Å². The zero-order chi connectivity index (χ0) is 11.8. The number of aliphatic hydroxyl groups excluding tert-OH is 1. The van der Waals surface area contributed by atoms with Gasteiger partial charge in [0.05, 0.1) is 24.2 Å². The Morgan fingerprint density at radius 3 is 3.00 bits per heavy atom. The summed E-state index contributed by atoms with van der Waals surface area (Å²) in [6, 6.07) is 0.271. The fourth-order valence-electron chi connectivity index (χ4n) is 3.41. The molecule has 1 heterocycles. The summed E-state index contributed by atoms with van der Waals surface area (Å²) >= 11 is 0. The van der Waals surface area contributed by atoms with Crippen molar-refractivity contribution in [3.63, 3.8) is 0 Å². The van der Waals surface area contributed by atoms with E-state index >= 15 is 0 Å². The van der Waals surface area contributed by atoms with Gasteiger partial charge >= 0.3 is 0 Å². The Hall–Kier alpha value is -0.830. The summed E-state index contributed by atoms with van der Waals surface area (Å²) in [4.78, 5) is 4.54. The Morgan fingerprint density at radius 1 is 1.29 bits per heavy atom. The van der Waals surface area contributed by atoms with Crippen LogP contribution in [0.4, 0.5) is 0 Å². The fraction of sp³-hybridized carbons (Fsp3) is 0.786. The highest BCUT2D eigenvalue weighted by Crippen LogP contribution is 2.35. The van der Waals surface area contributed by atoms with Crippen molar-refractivity contribution in [3.05, 3.63) is 17.7 Å². The van der Waals surface area contributed by atoms with Crippen molar-refractivity contribution < 1.29 is 5.11 Å². The van der Waals surface area contributed by atoms with Crippen LogP contribution in [0.25, 0.3) is 0 Å². The van der Waals surface area contributed by atoms with Gasteiger partial charge in [-0.15, -0.1) is 0 Å². The molecule has 2 aliphatic carbocycles. The second kappa shape index (κ2) is 4.45. The molecule has 2 aliphatic rings. The van der Waals surface area contributed by atoms with E-state index < -0.39 is 0 Å². The molecular formula is C14H22N2O. The minimum Gasteiger partial charge on any atom is -0.391 e. The lowest BCUT2D eigenvalue weighted by Crippen LogP contribution is -2.31. The standard InChI is InChI=1S/C14H22N2O/c1-10-6-7-14(17)13(8-10)16-9-15-11-4-2-3-5-12(11)16/h9-10,13-14,17H,2-8H2,1H3. The van der Waals surface area contributed by atoms with Crippen molar-refractivity contribution in [2.45, 2.75) is 64.0 Å². The molecule has 1 aromatic heterocycles. The number of fused-ring (bicyclic) bond motifs is 1. The average Bonchev–Trinajstić information content (AvgIpc) is 2.76. The molecule has 1 fully saturated rings. The molecule has 0 bridgehead atoms. The molecule has 0 saturated heterocycles. The van der Waals surface area contributed by atoms with Crippen molar-refractivity contribution in [2.24, 2.45) is 5.92 Å².